The van der Waals surface area contributed by atoms with Crippen molar-refractivity contribution in [3.05, 3.63) is 87.9 Å². The highest BCUT2D eigenvalue weighted by Crippen LogP contribution is 2.31. The number of amides is 2. The fourth-order valence-corrected chi connectivity index (χ4v) is 4.99. The van der Waals surface area contributed by atoms with E-state index >= 15 is 0 Å². The maximum absolute atomic E-state index is 13.2. The van der Waals surface area contributed by atoms with Crippen molar-refractivity contribution < 1.29 is 14.3 Å². The summed E-state index contributed by atoms with van der Waals surface area (Å²) in [6.07, 6.45) is 0.737. The second kappa shape index (κ2) is 11.7. The molecule has 0 radical (unpaired) electrons. The van der Waals surface area contributed by atoms with Crippen molar-refractivity contribution in [2.45, 2.75) is 18.1 Å². The Kier molecular flexibility index (Phi) is 8.49. The van der Waals surface area contributed by atoms with E-state index < -0.39 is 5.25 Å². The van der Waals surface area contributed by atoms with Crippen molar-refractivity contribution in [3.8, 4) is 5.75 Å². The highest BCUT2D eigenvalue weighted by atomic mass is 79.9. The average Bonchev–Trinajstić information content (AvgIpc) is 2.86. The average molecular weight is 573 g/mol. The van der Waals surface area contributed by atoms with Crippen molar-refractivity contribution >= 4 is 67.6 Å². The molecule has 0 spiro atoms. The summed E-state index contributed by atoms with van der Waals surface area (Å²) in [6.45, 7) is 0.450. The number of carbonyl (C=O) groups excluding carboxylic acids is 2. The molecule has 1 atom stereocenters. The molecule has 1 saturated heterocycles. The Hall–Kier alpha value is -2.81. The summed E-state index contributed by atoms with van der Waals surface area (Å²) in [5.74, 6) is 0.410. The molecule has 1 aliphatic heterocycles. The molecule has 180 valence electrons. The minimum Gasteiger partial charge on any atom is -0.497 e. The number of hydrogen-bond donors (Lipinski definition) is 1. The van der Waals surface area contributed by atoms with E-state index in [1.807, 2.05) is 36.4 Å². The predicted octanol–water partition coefficient (Wildman–Crippen LogP) is 6.31. The minimum absolute atomic E-state index is 0.0925. The van der Waals surface area contributed by atoms with Crippen LogP contribution in [0.5, 0.6) is 5.75 Å². The first-order valence-corrected chi connectivity index (χ1v) is 13.0. The van der Waals surface area contributed by atoms with Crippen molar-refractivity contribution in [2.75, 3.05) is 19.0 Å². The van der Waals surface area contributed by atoms with Crippen LogP contribution in [0, 0.1) is 0 Å². The molecule has 35 heavy (non-hydrogen) atoms. The number of hydrogen-bond acceptors (Lipinski definition) is 5. The number of nitrogens with one attached hydrogen (secondary N) is 1. The lowest BCUT2D eigenvalue weighted by Gasteiger charge is -2.32. The van der Waals surface area contributed by atoms with Crippen molar-refractivity contribution in [1.29, 1.82) is 0 Å². The van der Waals surface area contributed by atoms with E-state index in [0.717, 1.165) is 15.8 Å². The molecule has 2 amide bonds. The Bertz CT molecular complexity index is 1220. The van der Waals surface area contributed by atoms with Crippen molar-refractivity contribution in [1.82, 2.24) is 4.90 Å². The van der Waals surface area contributed by atoms with Gasteiger partial charge in [0.2, 0.25) is 11.8 Å². The van der Waals surface area contributed by atoms with Gasteiger partial charge in [0, 0.05) is 28.1 Å². The molecule has 9 heteroatoms. The number of aliphatic imine (C=N–C) groups is 1. The molecule has 1 aliphatic rings. The van der Waals surface area contributed by atoms with Gasteiger partial charge in [-0.15, -0.1) is 0 Å². The third-order valence-electron chi connectivity index (χ3n) is 5.38. The Morgan fingerprint density at radius 2 is 1.80 bits per heavy atom. The maximum Gasteiger partial charge on any atom is 0.238 e. The summed E-state index contributed by atoms with van der Waals surface area (Å²) in [5.41, 5.74) is 2.40. The summed E-state index contributed by atoms with van der Waals surface area (Å²) in [7, 11) is 1.63. The molecule has 0 aliphatic carbocycles. The zero-order chi connectivity index (χ0) is 24.8. The fraction of sp³-hybridized carbons (Fsp3) is 0.192. The third kappa shape index (κ3) is 6.87. The quantitative estimate of drug-likeness (QED) is 0.360. The highest BCUT2D eigenvalue weighted by Gasteiger charge is 2.35. The molecule has 4 rings (SSSR count). The first-order chi connectivity index (χ1) is 16.9. The highest BCUT2D eigenvalue weighted by molar-refractivity contribution is 9.10. The lowest BCUT2D eigenvalue weighted by atomic mass is 10.1. The van der Waals surface area contributed by atoms with Crippen LogP contribution in [0.2, 0.25) is 5.02 Å². The second-order valence-corrected chi connectivity index (χ2v) is 10.3. The van der Waals surface area contributed by atoms with Crippen LogP contribution in [0.15, 0.2) is 82.3 Å². The molecule has 0 saturated carbocycles. The lowest BCUT2D eigenvalue weighted by molar-refractivity contribution is -0.129. The molecule has 1 fully saturated rings. The number of carbonyl (C=O) groups is 2. The van der Waals surface area contributed by atoms with Crippen LogP contribution in [0.25, 0.3) is 0 Å². The fourth-order valence-electron chi connectivity index (χ4n) is 3.48. The van der Waals surface area contributed by atoms with Crippen LogP contribution < -0.4 is 10.1 Å². The summed E-state index contributed by atoms with van der Waals surface area (Å²) in [5, 5.41) is 3.41. The first kappa shape index (κ1) is 25.3. The smallest absolute Gasteiger partial charge is 0.238 e. The van der Waals surface area contributed by atoms with E-state index in [2.05, 4.69) is 21.2 Å². The monoisotopic (exact) mass is 571 g/mol. The molecule has 1 N–H and O–H groups in total. The van der Waals surface area contributed by atoms with E-state index in [4.69, 9.17) is 21.3 Å². The number of rotatable bonds is 7. The van der Waals surface area contributed by atoms with Crippen LogP contribution in [0.1, 0.15) is 12.0 Å². The molecule has 3 aromatic rings. The van der Waals surface area contributed by atoms with E-state index in [1.54, 1.807) is 48.4 Å². The van der Waals surface area contributed by atoms with Gasteiger partial charge in [0.1, 0.15) is 11.0 Å². The van der Waals surface area contributed by atoms with Crippen LogP contribution in [-0.2, 0) is 16.0 Å². The second-order valence-electron chi connectivity index (χ2n) is 7.82. The molecular formula is C26H23BrClN3O3S. The number of amidine groups is 1. The molecule has 1 heterocycles. The number of ether oxygens (including phenoxy) is 1. The maximum atomic E-state index is 13.2. The van der Waals surface area contributed by atoms with Crippen molar-refractivity contribution in [3.63, 3.8) is 0 Å². The van der Waals surface area contributed by atoms with Gasteiger partial charge in [-0.1, -0.05) is 51.4 Å². The molecule has 6 nitrogen and oxygen atoms in total. The van der Waals surface area contributed by atoms with Gasteiger partial charge in [0.05, 0.1) is 12.8 Å². The molecule has 1 unspecified atom stereocenters. The third-order valence-corrected chi connectivity index (χ3v) is 7.35. The number of benzene rings is 3. The number of nitrogens with zero attached hydrogens (tertiary/aromatic N) is 2. The van der Waals surface area contributed by atoms with Gasteiger partial charge in [0.25, 0.3) is 0 Å². The van der Waals surface area contributed by atoms with Gasteiger partial charge in [-0.3, -0.25) is 14.5 Å². The van der Waals surface area contributed by atoms with Crippen LogP contribution >= 0.6 is 39.3 Å². The topological polar surface area (TPSA) is 71.0 Å². The number of thioether (sulfide) groups is 1. The predicted molar refractivity (Wildman–Crippen MR) is 146 cm³/mol. The first-order valence-electron chi connectivity index (χ1n) is 10.9. The minimum atomic E-state index is -0.588. The zero-order valence-electron chi connectivity index (χ0n) is 18.9. The van der Waals surface area contributed by atoms with E-state index in [-0.39, 0.29) is 18.2 Å². The van der Waals surface area contributed by atoms with Crippen LogP contribution in [0.3, 0.4) is 0 Å². The van der Waals surface area contributed by atoms with Gasteiger partial charge in [-0.25, -0.2) is 4.99 Å². The standard InChI is InChI=1S/C26H23BrClN3O3S/c1-34-22-12-2-17(3-13-22)14-15-31-24(32)16-23(25(33)29-20-8-4-18(27)5-9-20)35-26(31)30-21-10-6-19(28)7-11-21/h2-13,23H,14-16H2,1H3,(H,29,33). The van der Waals surface area contributed by atoms with E-state index in [1.165, 1.54) is 11.8 Å². The van der Waals surface area contributed by atoms with Crippen LogP contribution in [-0.4, -0.2) is 40.8 Å². The summed E-state index contributed by atoms with van der Waals surface area (Å²) in [6, 6.07) is 22.1. The van der Waals surface area contributed by atoms with Gasteiger partial charge in [-0.05, 0) is 72.6 Å². The number of halogens is 2. The Morgan fingerprint density at radius 3 is 2.46 bits per heavy atom. The van der Waals surface area contributed by atoms with Gasteiger partial charge in [-0.2, -0.15) is 0 Å². The Morgan fingerprint density at radius 1 is 1.11 bits per heavy atom. The zero-order valence-corrected chi connectivity index (χ0v) is 22.1. The van der Waals surface area contributed by atoms with Gasteiger partial charge < -0.3 is 10.1 Å². The molecular weight excluding hydrogens is 550 g/mol. The molecule has 3 aromatic carbocycles. The summed E-state index contributed by atoms with van der Waals surface area (Å²) >= 11 is 10.7. The molecule has 0 bridgehead atoms. The Labute approximate surface area is 221 Å². The van der Waals surface area contributed by atoms with Crippen molar-refractivity contribution in [2.24, 2.45) is 4.99 Å². The number of methoxy groups -OCH3 is 1. The van der Waals surface area contributed by atoms with Gasteiger partial charge >= 0.3 is 0 Å². The lowest BCUT2D eigenvalue weighted by Crippen LogP contribution is -2.46. The summed E-state index contributed by atoms with van der Waals surface area (Å²) in [4.78, 5) is 32.5. The van der Waals surface area contributed by atoms with E-state index in [0.29, 0.717) is 34.5 Å². The Balaban J connectivity index is 1.53. The number of anilines is 1. The molecule has 0 aromatic heterocycles. The largest absolute Gasteiger partial charge is 0.497 e. The SMILES string of the molecule is COc1ccc(CCN2C(=O)CC(C(=O)Nc3ccc(Br)cc3)SC2=Nc2ccc(Cl)cc2)cc1. The normalized spacial score (nSPS) is 16.9. The van der Waals surface area contributed by atoms with Gasteiger partial charge in [0.15, 0.2) is 5.17 Å². The summed E-state index contributed by atoms with van der Waals surface area (Å²) < 4.78 is 6.14. The van der Waals surface area contributed by atoms with E-state index in [9.17, 15) is 9.59 Å². The van der Waals surface area contributed by atoms with Crippen LogP contribution in [0.4, 0.5) is 11.4 Å².